The fourth-order valence-electron chi connectivity index (χ4n) is 1.53. The molecule has 0 saturated carbocycles. The summed E-state index contributed by atoms with van der Waals surface area (Å²) in [7, 11) is 0. The third kappa shape index (κ3) is 2.96. The molecule has 0 saturated heterocycles. The maximum atomic E-state index is 10.7. The molecular formula is C14H10ClNO2. The van der Waals surface area contributed by atoms with Gasteiger partial charge in [-0.25, -0.2) is 0 Å². The van der Waals surface area contributed by atoms with Crippen molar-refractivity contribution in [3.63, 3.8) is 0 Å². The Kier molecular flexibility index (Phi) is 3.75. The van der Waals surface area contributed by atoms with Gasteiger partial charge in [-0.1, -0.05) is 60.2 Å². The van der Waals surface area contributed by atoms with E-state index in [0.29, 0.717) is 0 Å². The molecule has 2 aromatic rings. The summed E-state index contributed by atoms with van der Waals surface area (Å²) in [4.78, 5) is 10.3. The van der Waals surface area contributed by atoms with Crippen LogP contribution in [0, 0.1) is 10.1 Å². The van der Waals surface area contributed by atoms with Gasteiger partial charge >= 0.3 is 0 Å². The molecule has 0 unspecified atom stereocenters. The molecule has 0 amide bonds. The number of nitrogens with zero attached hydrogens (tertiary/aromatic N) is 1. The van der Waals surface area contributed by atoms with Crippen molar-refractivity contribution in [2.45, 2.75) is 0 Å². The summed E-state index contributed by atoms with van der Waals surface area (Å²) in [6, 6.07) is 14.5. The van der Waals surface area contributed by atoms with Gasteiger partial charge in [-0.05, 0) is 17.2 Å². The fraction of sp³-hybridized carbons (Fsp3) is 0. The highest BCUT2D eigenvalue weighted by atomic mass is 35.5. The molecule has 0 atom stereocenters. The average Bonchev–Trinajstić information content (AvgIpc) is 2.38. The first-order valence-corrected chi connectivity index (χ1v) is 5.72. The quantitative estimate of drug-likeness (QED) is 0.465. The van der Waals surface area contributed by atoms with Crippen molar-refractivity contribution in [2.24, 2.45) is 0 Å². The minimum absolute atomic E-state index is 0.0770. The largest absolute Gasteiger partial charge is 0.288 e. The summed E-state index contributed by atoms with van der Waals surface area (Å²) in [5, 5.41) is 10.9. The Balaban J connectivity index is 2.28. The van der Waals surface area contributed by atoms with Crippen molar-refractivity contribution in [3.8, 4) is 0 Å². The standard InChI is InChI=1S/C14H10ClNO2/c15-13-9-8-12(10-14(13)16(17)18)7-6-11-4-2-1-3-5-11/h1-10H. The van der Waals surface area contributed by atoms with Crippen LogP contribution in [0.5, 0.6) is 0 Å². The molecule has 0 bridgehead atoms. The zero-order valence-electron chi connectivity index (χ0n) is 9.42. The molecule has 90 valence electrons. The third-order valence-corrected chi connectivity index (χ3v) is 2.75. The van der Waals surface area contributed by atoms with Gasteiger partial charge in [0.1, 0.15) is 5.02 Å². The first-order chi connectivity index (χ1) is 8.66. The number of hydrogen-bond donors (Lipinski definition) is 0. The Morgan fingerprint density at radius 3 is 2.33 bits per heavy atom. The Morgan fingerprint density at radius 2 is 1.67 bits per heavy atom. The number of benzene rings is 2. The van der Waals surface area contributed by atoms with Crippen molar-refractivity contribution >= 4 is 29.4 Å². The van der Waals surface area contributed by atoms with E-state index < -0.39 is 4.92 Å². The summed E-state index contributed by atoms with van der Waals surface area (Å²) in [6.07, 6.45) is 3.71. The molecule has 0 radical (unpaired) electrons. The number of nitro benzene ring substituents is 1. The molecule has 4 heteroatoms. The number of rotatable bonds is 3. The lowest BCUT2D eigenvalue weighted by molar-refractivity contribution is -0.384. The van der Waals surface area contributed by atoms with E-state index in [2.05, 4.69) is 0 Å². The zero-order chi connectivity index (χ0) is 13.0. The van der Waals surface area contributed by atoms with E-state index >= 15 is 0 Å². The lowest BCUT2D eigenvalue weighted by Crippen LogP contribution is -1.89. The van der Waals surface area contributed by atoms with Crippen molar-refractivity contribution in [1.82, 2.24) is 0 Å². The first-order valence-electron chi connectivity index (χ1n) is 5.34. The molecular weight excluding hydrogens is 250 g/mol. The molecule has 3 nitrogen and oxygen atoms in total. The first kappa shape index (κ1) is 12.3. The molecule has 2 rings (SSSR count). The van der Waals surface area contributed by atoms with Crippen molar-refractivity contribution in [2.75, 3.05) is 0 Å². The molecule has 0 aliphatic rings. The maximum Gasteiger partial charge on any atom is 0.288 e. The molecule has 0 aromatic heterocycles. The molecule has 18 heavy (non-hydrogen) atoms. The van der Waals surface area contributed by atoms with Gasteiger partial charge < -0.3 is 0 Å². The maximum absolute atomic E-state index is 10.7. The van der Waals surface area contributed by atoms with Crippen LogP contribution in [0.4, 0.5) is 5.69 Å². The van der Waals surface area contributed by atoms with Crippen molar-refractivity contribution < 1.29 is 4.92 Å². The second-order valence-corrected chi connectivity index (χ2v) is 4.12. The van der Waals surface area contributed by atoms with Gasteiger partial charge in [-0.3, -0.25) is 10.1 Å². The van der Waals surface area contributed by atoms with Gasteiger partial charge in [0, 0.05) is 6.07 Å². The van der Waals surface area contributed by atoms with Crippen molar-refractivity contribution in [3.05, 3.63) is 74.8 Å². The SMILES string of the molecule is O=[N+]([O-])c1cc(C=Cc2ccccc2)ccc1Cl. The number of halogens is 1. The van der Waals surface area contributed by atoms with E-state index in [1.54, 1.807) is 6.07 Å². The highest BCUT2D eigenvalue weighted by Gasteiger charge is 2.11. The van der Waals surface area contributed by atoms with Crippen LogP contribution in [0.2, 0.25) is 5.02 Å². The smallest absolute Gasteiger partial charge is 0.258 e. The summed E-state index contributed by atoms with van der Waals surface area (Å²) in [5.74, 6) is 0. The molecule has 0 spiro atoms. The van der Waals surface area contributed by atoms with Crippen LogP contribution in [0.25, 0.3) is 12.2 Å². The molecule has 2 aromatic carbocycles. The van der Waals surface area contributed by atoms with Crippen LogP contribution < -0.4 is 0 Å². The molecule has 0 aliphatic carbocycles. The van der Waals surface area contributed by atoms with Gasteiger partial charge in [-0.15, -0.1) is 0 Å². The van der Waals surface area contributed by atoms with Crippen LogP contribution in [-0.4, -0.2) is 4.92 Å². The highest BCUT2D eigenvalue weighted by molar-refractivity contribution is 6.32. The summed E-state index contributed by atoms with van der Waals surface area (Å²) in [5.41, 5.74) is 1.71. The molecule has 0 heterocycles. The average molecular weight is 260 g/mol. The normalized spacial score (nSPS) is 10.7. The van der Waals surface area contributed by atoms with Gasteiger partial charge in [0.05, 0.1) is 4.92 Å². The van der Waals surface area contributed by atoms with Gasteiger partial charge in [-0.2, -0.15) is 0 Å². The monoisotopic (exact) mass is 259 g/mol. The summed E-state index contributed by atoms with van der Waals surface area (Å²) >= 11 is 5.74. The number of hydrogen-bond acceptors (Lipinski definition) is 2. The second kappa shape index (κ2) is 5.47. The highest BCUT2D eigenvalue weighted by Crippen LogP contribution is 2.25. The number of nitro groups is 1. The summed E-state index contributed by atoms with van der Waals surface area (Å²) in [6.45, 7) is 0. The third-order valence-electron chi connectivity index (χ3n) is 2.43. The second-order valence-electron chi connectivity index (χ2n) is 3.71. The van der Waals surface area contributed by atoms with Crippen LogP contribution in [0.15, 0.2) is 48.5 Å². The van der Waals surface area contributed by atoms with Crippen LogP contribution in [-0.2, 0) is 0 Å². The van der Waals surface area contributed by atoms with E-state index in [1.165, 1.54) is 12.1 Å². The Labute approximate surface area is 109 Å². The zero-order valence-corrected chi connectivity index (χ0v) is 10.2. The van der Waals surface area contributed by atoms with Gasteiger partial charge in [0.15, 0.2) is 0 Å². The van der Waals surface area contributed by atoms with Crippen LogP contribution in [0.3, 0.4) is 0 Å². The van der Waals surface area contributed by atoms with E-state index in [9.17, 15) is 10.1 Å². The van der Waals surface area contributed by atoms with E-state index in [1.807, 2.05) is 42.5 Å². The fourth-order valence-corrected chi connectivity index (χ4v) is 1.72. The van der Waals surface area contributed by atoms with E-state index in [0.717, 1.165) is 11.1 Å². The molecule has 0 N–H and O–H groups in total. The Hall–Kier alpha value is -2.13. The lowest BCUT2D eigenvalue weighted by atomic mass is 10.1. The Bertz CT molecular complexity index is 594. The Morgan fingerprint density at radius 1 is 1.00 bits per heavy atom. The predicted molar refractivity (Wildman–Crippen MR) is 73.5 cm³/mol. The van der Waals surface area contributed by atoms with Crippen LogP contribution in [0.1, 0.15) is 11.1 Å². The molecule has 0 fully saturated rings. The van der Waals surface area contributed by atoms with E-state index in [4.69, 9.17) is 11.6 Å². The van der Waals surface area contributed by atoms with E-state index in [-0.39, 0.29) is 10.7 Å². The van der Waals surface area contributed by atoms with Gasteiger partial charge in [0.2, 0.25) is 0 Å². The van der Waals surface area contributed by atoms with Crippen LogP contribution >= 0.6 is 11.6 Å². The summed E-state index contributed by atoms with van der Waals surface area (Å²) < 4.78 is 0. The predicted octanol–water partition coefficient (Wildman–Crippen LogP) is 4.42. The van der Waals surface area contributed by atoms with Crippen molar-refractivity contribution in [1.29, 1.82) is 0 Å². The topological polar surface area (TPSA) is 43.1 Å². The lowest BCUT2D eigenvalue weighted by Gasteiger charge is -1.97. The minimum atomic E-state index is -0.484. The molecule has 0 aliphatic heterocycles. The minimum Gasteiger partial charge on any atom is -0.258 e. The van der Waals surface area contributed by atoms with Gasteiger partial charge in [0.25, 0.3) is 5.69 Å².